The Bertz CT molecular complexity index is 1930. The molecule has 0 radical (unpaired) electrons. The summed E-state index contributed by atoms with van der Waals surface area (Å²) in [7, 11) is 0. The van der Waals surface area contributed by atoms with E-state index in [1.165, 1.54) is 12.1 Å². The molecule has 0 aliphatic carbocycles. The summed E-state index contributed by atoms with van der Waals surface area (Å²) in [6, 6.07) is 32.6. The Balaban J connectivity index is 1.14. The number of rotatable bonds is 4. The van der Waals surface area contributed by atoms with Crippen molar-refractivity contribution in [1.82, 2.24) is 15.0 Å². The second-order valence-electron chi connectivity index (χ2n) is 9.26. The van der Waals surface area contributed by atoms with Crippen molar-refractivity contribution in [2.45, 2.75) is 0 Å². The van der Waals surface area contributed by atoms with E-state index in [1.807, 2.05) is 91.0 Å². The van der Waals surface area contributed by atoms with Gasteiger partial charge in [0.15, 0.2) is 5.58 Å². The molecule has 5 aromatic carbocycles. The highest BCUT2D eigenvalue weighted by atomic mass is 19.1. The lowest BCUT2D eigenvalue weighted by Crippen LogP contribution is -1.90. The van der Waals surface area contributed by atoms with Gasteiger partial charge >= 0.3 is 0 Å². The molecule has 0 aliphatic heterocycles. The van der Waals surface area contributed by atoms with Crippen molar-refractivity contribution in [2.75, 3.05) is 0 Å². The molecular weight excluding hydrogens is 492 g/mol. The smallest absolute Gasteiger partial charge is 0.227 e. The zero-order valence-corrected chi connectivity index (χ0v) is 20.5. The quantitative estimate of drug-likeness (QED) is 0.237. The molecule has 6 heteroatoms. The highest BCUT2D eigenvalue weighted by Gasteiger charge is 2.10. The molecule has 0 unspecified atom stereocenters. The predicted molar refractivity (Wildman–Crippen MR) is 149 cm³/mol. The van der Waals surface area contributed by atoms with Crippen LogP contribution in [0.4, 0.5) is 8.78 Å². The molecule has 7 aromatic rings. The molecule has 0 saturated carbocycles. The number of aromatic nitrogens is 3. The number of fused-ring (bicyclic) bond motifs is 2. The van der Waals surface area contributed by atoms with Gasteiger partial charge in [0, 0.05) is 17.2 Å². The van der Waals surface area contributed by atoms with Crippen molar-refractivity contribution >= 4 is 22.1 Å². The first-order valence-electron chi connectivity index (χ1n) is 12.4. The van der Waals surface area contributed by atoms with Crippen LogP contribution in [0.25, 0.3) is 67.1 Å². The van der Waals surface area contributed by atoms with Crippen LogP contribution in [0, 0.1) is 11.6 Å². The number of hydrogen-bond acceptors (Lipinski definition) is 4. The van der Waals surface area contributed by atoms with E-state index in [2.05, 4.69) is 9.97 Å². The minimum Gasteiger partial charge on any atom is -0.436 e. The second kappa shape index (κ2) is 9.26. The highest BCUT2D eigenvalue weighted by molar-refractivity contribution is 5.84. The number of benzene rings is 5. The number of hydrogen-bond donors (Lipinski definition) is 0. The number of oxazole rings is 1. The molecule has 0 amide bonds. The van der Waals surface area contributed by atoms with Crippen LogP contribution in [-0.2, 0) is 0 Å². The van der Waals surface area contributed by atoms with Gasteiger partial charge in [-0.1, -0.05) is 54.6 Å². The van der Waals surface area contributed by atoms with Crippen molar-refractivity contribution in [2.24, 2.45) is 0 Å². The summed E-state index contributed by atoms with van der Waals surface area (Å²) in [5.74, 6) is -0.614. The van der Waals surface area contributed by atoms with Crippen LogP contribution in [0.2, 0.25) is 0 Å². The first kappa shape index (κ1) is 22.9. The summed E-state index contributed by atoms with van der Waals surface area (Å²) in [4.78, 5) is 14.0. The lowest BCUT2D eigenvalue weighted by molar-refractivity contribution is 0.584. The van der Waals surface area contributed by atoms with Gasteiger partial charge in [-0.15, -0.1) is 0 Å². The van der Waals surface area contributed by atoms with Crippen LogP contribution in [0.15, 0.2) is 120 Å². The van der Waals surface area contributed by atoms with Crippen molar-refractivity contribution in [1.29, 1.82) is 0 Å². The van der Waals surface area contributed by atoms with Crippen molar-refractivity contribution in [3.63, 3.8) is 0 Å². The van der Waals surface area contributed by atoms with Gasteiger partial charge in [0.1, 0.15) is 17.2 Å². The molecule has 2 heterocycles. The number of nitrogens with zero attached hydrogens (tertiary/aromatic N) is 3. The van der Waals surface area contributed by atoms with Crippen molar-refractivity contribution < 1.29 is 13.2 Å². The van der Waals surface area contributed by atoms with E-state index in [0.29, 0.717) is 11.5 Å². The summed E-state index contributed by atoms with van der Waals surface area (Å²) < 4.78 is 33.1. The van der Waals surface area contributed by atoms with E-state index in [0.717, 1.165) is 61.7 Å². The fourth-order valence-electron chi connectivity index (χ4n) is 4.68. The fourth-order valence-corrected chi connectivity index (χ4v) is 4.68. The van der Waals surface area contributed by atoms with Gasteiger partial charge in [0.25, 0.3) is 0 Å². The highest BCUT2D eigenvalue weighted by Crippen LogP contribution is 2.30. The first-order chi connectivity index (χ1) is 19.1. The molecule has 0 atom stereocenters. The Kier molecular flexibility index (Phi) is 5.44. The zero-order chi connectivity index (χ0) is 26.3. The standard InChI is InChI=1S/C33H19F2N3O/c34-26-15-25(16-27(35)18-26)21-7-5-20(6-8-21)24-13-14-28-30(17-24)36-19-31(37-28)22-9-11-23(12-10-22)33-38-29-3-1-2-4-32(29)39-33/h1-19H. The molecule has 0 fully saturated rings. The Morgan fingerprint density at radius 2 is 1.13 bits per heavy atom. The second-order valence-corrected chi connectivity index (χ2v) is 9.26. The van der Waals surface area contributed by atoms with Crippen LogP contribution in [0.1, 0.15) is 0 Å². The molecule has 0 N–H and O–H groups in total. The third-order valence-electron chi connectivity index (χ3n) is 6.68. The maximum absolute atomic E-state index is 13.6. The topological polar surface area (TPSA) is 51.8 Å². The largest absolute Gasteiger partial charge is 0.436 e. The molecule has 0 spiro atoms. The lowest BCUT2D eigenvalue weighted by atomic mass is 10.00. The average Bonchev–Trinajstić information content (AvgIpc) is 3.41. The summed E-state index contributed by atoms with van der Waals surface area (Å²) in [6.45, 7) is 0. The summed E-state index contributed by atoms with van der Waals surface area (Å²) in [5, 5.41) is 0. The molecule has 2 aromatic heterocycles. The third-order valence-corrected chi connectivity index (χ3v) is 6.68. The third kappa shape index (κ3) is 4.42. The van der Waals surface area contributed by atoms with E-state index < -0.39 is 11.6 Å². The molecule has 186 valence electrons. The normalized spacial score (nSPS) is 11.3. The molecular formula is C33H19F2N3O. The van der Waals surface area contributed by atoms with Crippen LogP contribution in [0.5, 0.6) is 0 Å². The molecule has 0 aliphatic rings. The minimum atomic E-state index is -0.597. The van der Waals surface area contributed by atoms with Gasteiger partial charge in [-0.25, -0.2) is 18.7 Å². The number of para-hydroxylation sites is 2. The summed E-state index contributed by atoms with van der Waals surface area (Å²) in [5.41, 5.74) is 8.93. The van der Waals surface area contributed by atoms with Gasteiger partial charge < -0.3 is 4.42 Å². The molecule has 0 bridgehead atoms. The maximum Gasteiger partial charge on any atom is 0.227 e. The van der Waals surface area contributed by atoms with Gasteiger partial charge in [-0.05, 0) is 70.8 Å². The monoisotopic (exact) mass is 511 g/mol. The van der Waals surface area contributed by atoms with Gasteiger partial charge in [0.05, 0.1) is 22.9 Å². The van der Waals surface area contributed by atoms with E-state index in [9.17, 15) is 8.78 Å². The van der Waals surface area contributed by atoms with Crippen LogP contribution in [-0.4, -0.2) is 15.0 Å². The van der Waals surface area contributed by atoms with E-state index in [1.54, 1.807) is 6.20 Å². The molecule has 39 heavy (non-hydrogen) atoms. The van der Waals surface area contributed by atoms with E-state index in [4.69, 9.17) is 9.40 Å². The lowest BCUT2D eigenvalue weighted by Gasteiger charge is -2.08. The predicted octanol–water partition coefficient (Wildman–Crippen LogP) is 8.72. The Morgan fingerprint density at radius 1 is 0.487 bits per heavy atom. The van der Waals surface area contributed by atoms with Gasteiger partial charge in [-0.2, -0.15) is 0 Å². The average molecular weight is 512 g/mol. The van der Waals surface area contributed by atoms with Crippen molar-refractivity contribution in [3.05, 3.63) is 127 Å². The molecule has 7 rings (SSSR count). The molecule has 0 saturated heterocycles. The number of halogens is 2. The van der Waals surface area contributed by atoms with E-state index >= 15 is 0 Å². The first-order valence-corrected chi connectivity index (χ1v) is 12.4. The van der Waals surface area contributed by atoms with Crippen LogP contribution >= 0.6 is 0 Å². The minimum absolute atomic E-state index is 0.498. The Morgan fingerprint density at radius 3 is 1.87 bits per heavy atom. The summed E-state index contributed by atoms with van der Waals surface area (Å²) >= 11 is 0. The fraction of sp³-hybridized carbons (Fsp3) is 0. The van der Waals surface area contributed by atoms with Crippen LogP contribution in [0.3, 0.4) is 0 Å². The van der Waals surface area contributed by atoms with Crippen LogP contribution < -0.4 is 0 Å². The van der Waals surface area contributed by atoms with Gasteiger partial charge in [-0.3, -0.25) is 4.98 Å². The maximum atomic E-state index is 13.6. The Labute approximate surface area is 222 Å². The molecule has 4 nitrogen and oxygen atoms in total. The van der Waals surface area contributed by atoms with E-state index in [-0.39, 0.29) is 0 Å². The summed E-state index contributed by atoms with van der Waals surface area (Å²) in [6.07, 6.45) is 1.77. The zero-order valence-electron chi connectivity index (χ0n) is 20.5. The Hall–Kier alpha value is -5.23. The van der Waals surface area contributed by atoms with Gasteiger partial charge in [0.2, 0.25) is 5.89 Å². The van der Waals surface area contributed by atoms with Crippen molar-refractivity contribution in [3.8, 4) is 45.0 Å². The SMILES string of the molecule is Fc1cc(F)cc(-c2ccc(-c3ccc4nc(-c5ccc(-c6nc7ccccc7o6)cc5)cnc4c3)cc2)c1.